The summed E-state index contributed by atoms with van der Waals surface area (Å²) in [6, 6.07) is -0.0754. The summed E-state index contributed by atoms with van der Waals surface area (Å²) >= 11 is 0. The monoisotopic (exact) mass is 196 g/mol. The molecule has 0 spiro atoms. The van der Waals surface area contributed by atoms with Crippen molar-refractivity contribution in [2.45, 2.75) is 18.9 Å². The molecule has 14 heavy (non-hydrogen) atoms. The average Bonchev–Trinajstić information content (AvgIpc) is 2.85. The lowest BCUT2D eigenvalue weighted by Gasteiger charge is -2.20. The molecular formula is C8H12N4O2. The topological polar surface area (TPSA) is 85.3 Å². The van der Waals surface area contributed by atoms with Crippen LogP contribution < -0.4 is 5.73 Å². The van der Waals surface area contributed by atoms with Gasteiger partial charge in [0.15, 0.2) is 0 Å². The van der Waals surface area contributed by atoms with Gasteiger partial charge in [0.25, 0.3) is 0 Å². The van der Waals surface area contributed by atoms with Gasteiger partial charge in [0.1, 0.15) is 6.04 Å². The molecule has 1 aliphatic rings. The summed E-state index contributed by atoms with van der Waals surface area (Å²) < 4.78 is 5.09. The largest absolute Gasteiger partial charge is 0.426 e. The number of amides is 1. The number of hydrogen-bond acceptors (Lipinski definition) is 5. The molecule has 6 heteroatoms. The van der Waals surface area contributed by atoms with Crippen molar-refractivity contribution >= 4 is 5.91 Å². The Bertz CT molecular complexity index is 311. The van der Waals surface area contributed by atoms with E-state index in [1.54, 1.807) is 4.90 Å². The van der Waals surface area contributed by atoms with Gasteiger partial charge >= 0.3 is 0 Å². The van der Waals surface area contributed by atoms with Crippen molar-refractivity contribution < 1.29 is 9.21 Å². The maximum Gasteiger partial charge on any atom is 0.238 e. The van der Waals surface area contributed by atoms with E-state index >= 15 is 0 Å². The van der Waals surface area contributed by atoms with Crippen LogP contribution in [0.2, 0.25) is 0 Å². The first-order valence-corrected chi connectivity index (χ1v) is 4.58. The Balaban J connectivity index is 2.15. The van der Waals surface area contributed by atoms with E-state index in [9.17, 15) is 4.79 Å². The van der Waals surface area contributed by atoms with E-state index in [4.69, 9.17) is 10.2 Å². The lowest BCUT2D eigenvalue weighted by molar-refractivity contribution is -0.131. The molecule has 1 aliphatic heterocycles. The van der Waals surface area contributed by atoms with E-state index < -0.39 is 0 Å². The van der Waals surface area contributed by atoms with Gasteiger partial charge in [0.05, 0.1) is 6.54 Å². The van der Waals surface area contributed by atoms with Crippen LogP contribution in [0.5, 0.6) is 0 Å². The molecule has 1 amide bonds. The molecule has 1 aromatic rings. The van der Waals surface area contributed by atoms with Gasteiger partial charge < -0.3 is 15.1 Å². The summed E-state index contributed by atoms with van der Waals surface area (Å²) in [6.07, 6.45) is 3.10. The van der Waals surface area contributed by atoms with Crippen LogP contribution in [0.3, 0.4) is 0 Å². The number of aromatic nitrogens is 2. The maximum absolute atomic E-state index is 11.4. The Morgan fingerprint density at radius 2 is 2.64 bits per heavy atom. The molecule has 1 aromatic heterocycles. The van der Waals surface area contributed by atoms with Crippen LogP contribution in [0.15, 0.2) is 10.8 Å². The molecule has 1 fully saturated rings. The number of nitrogens with two attached hydrogens (primary N) is 1. The minimum absolute atomic E-state index is 0.0324. The van der Waals surface area contributed by atoms with Gasteiger partial charge in [-0.1, -0.05) is 0 Å². The molecule has 2 N–H and O–H groups in total. The third kappa shape index (κ3) is 1.48. The molecule has 0 saturated carbocycles. The van der Waals surface area contributed by atoms with Crippen LogP contribution in [0.1, 0.15) is 24.8 Å². The second kappa shape index (κ2) is 3.75. The average molecular weight is 196 g/mol. The van der Waals surface area contributed by atoms with Crippen molar-refractivity contribution in [1.29, 1.82) is 0 Å². The summed E-state index contributed by atoms with van der Waals surface area (Å²) in [6.45, 7) is 0.758. The number of hydrogen-bond donors (Lipinski definition) is 1. The van der Waals surface area contributed by atoms with Crippen LogP contribution >= 0.6 is 0 Å². The van der Waals surface area contributed by atoms with Crippen molar-refractivity contribution in [3.05, 3.63) is 12.3 Å². The van der Waals surface area contributed by atoms with Gasteiger partial charge in [-0.25, -0.2) is 0 Å². The Morgan fingerprint density at radius 1 is 1.79 bits per heavy atom. The highest BCUT2D eigenvalue weighted by Gasteiger charge is 2.32. The van der Waals surface area contributed by atoms with Gasteiger partial charge in [-0.15, -0.1) is 10.2 Å². The fourth-order valence-electron chi connectivity index (χ4n) is 1.77. The normalized spacial score (nSPS) is 21.5. The molecule has 0 radical (unpaired) electrons. The number of carbonyl (C=O) groups excluding carboxylic acids is 1. The smallest absolute Gasteiger partial charge is 0.238 e. The lowest BCUT2D eigenvalue weighted by Crippen LogP contribution is -2.35. The van der Waals surface area contributed by atoms with Crippen molar-refractivity contribution in [1.82, 2.24) is 15.1 Å². The summed E-state index contributed by atoms with van der Waals surface area (Å²) in [5.74, 6) is 0.440. The molecular weight excluding hydrogens is 184 g/mol. The first-order valence-electron chi connectivity index (χ1n) is 4.58. The van der Waals surface area contributed by atoms with E-state index in [0.717, 1.165) is 19.4 Å². The minimum Gasteiger partial charge on any atom is -0.426 e. The maximum atomic E-state index is 11.4. The Morgan fingerprint density at radius 3 is 3.29 bits per heavy atom. The third-order valence-corrected chi connectivity index (χ3v) is 2.41. The predicted molar refractivity (Wildman–Crippen MR) is 47.0 cm³/mol. The highest BCUT2D eigenvalue weighted by Crippen LogP contribution is 2.30. The highest BCUT2D eigenvalue weighted by atomic mass is 16.4. The molecule has 2 heterocycles. The van der Waals surface area contributed by atoms with Gasteiger partial charge in [0.2, 0.25) is 18.2 Å². The van der Waals surface area contributed by atoms with E-state index in [0.29, 0.717) is 5.89 Å². The fourth-order valence-corrected chi connectivity index (χ4v) is 1.77. The fraction of sp³-hybridized carbons (Fsp3) is 0.625. The Labute approximate surface area is 81.1 Å². The quantitative estimate of drug-likeness (QED) is 0.701. The number of rotatable bonds is 2. The van der Waals surface area contributed by atoms with Crippen molar-refractivity contribution in [3.63, 3.8) is 0 Å². The zero-order chi connectivity index (χ0) is 9.97. The number of nitrogens with zero attached hydrogens (tertiary/aromatic N) is 3. The molecule has 0 aliphatic carbocycles. The number of likely N-dealkylation sites (tertiary alicyclic amines) is 1. The SMILES string of the molecule is NCC(=O)N1CCCC1c1nnco1. The Kier molecular flexibility index (Phi) is 2.45. The van der Waals surface area contributed by atoms with Gasteiger partial charge in [-0.3, -0.25) is 4.79 Å². The van der Waals surface area contributed by atoms with Gasteiger partial charge in [-0.2, -0.15) is 0 Å². The molecule has 1 unspecified atom stereocenters. The standard InChI is InChI=1S/C8H12N4O2/c9-4-7(13)12-3-1-2-6(12)8-11-10-5-14-8/h5-6H,1-4,9H2. The van der Waals surface area contributed by atoms with Gasteiger partial charge in [-0.05, 0) is 12.8 Å². The highest BCUT2D eigenvalue weighted by molar-refractivity contribution is 5.78. The predicted octanol–water partition coefficient (Wildman–Crippen LogP) is -0.308. The molecule has 6 nitrogen and oxygen atoms in total. The van der Waals surface area contributed by atoms with E-state index in [-0.39, 0.29) is 18.5 Å². The van der Waals surface area contributed by atoms with Crippen molar-refractivity contribution in [2.75, 3.05) is 13.1 Å². The molecule has 1 saturated heterocycles. The van der Waals surface area contributed by atoms with E-state index in [2.05, 4.69) is 10.2 Å². The zero-order valence-corrected chi connectivity index (χ0v) is 7.72. The summed E-state index contributed by atoms with van der Waals surface area (Å²) in [5, 5.41) is 7.41. The molecule has 0 bridgehead atoms. The van der Waals surface area contributed by atoms with Crippen molar-refractivity contribution in [3.8, 4) is 0 Å². The third-order valence-electron chi connectivity index (χ3n) is 2.41. The Hall–Kier alpha value is -1.43. The number of carbonyl (C=O) groups is 1. The summed E-state index contributed by atoms with van der Waals surface area (Å²) in [5.41, 5.74) is 5.31. The second-order valence-electron chi connectivity index (χ2n) is 3.23. The van der Waals surface area contributed by atoms with Gasteiger partial charge in [0, 0.05) is 6.54 Å². The molecule has 2 rings (SSSR count). The first kappa shape index (κ1) is 9.14. The molecule has 76 valence electrons. The summed E-state index contributed by atoms with van der Waals surface area (Å²) in [7, 11) is 0. The van der Waals surface area contributed by atoms with Crippen LogP contribution in [-0.4, -0.2) is 34.1 Å². The first-order chi connectivity index (χ1) is 6.83. The molecule has 1 atom stereocenters. The van der Waals surface area contributed by atoms with Crippen LogP contribution in [0.4, 0.5) is 0 Å². The van der Waals surface area contributed by atoms with E-state index in [1.165, 1.54) is 6.39 Å². The van der Waals surface area contributed by atoms with Crippen LogP contribution in [0, 0.1) is 0 Å². The summed E-state index contributed by atoms with van der Waals surface area (Å²) in [4.78, 5) is 13.1. The van der Waals surface area contributed by atoms with E-state index in [1.807, 2.05) is 0 Å². The lowest BCUT2D eigenvalue weighted by atomic mass is 10.2. The second-order valence-corrected chi connectivity index (χ2v) is 3.23. The van der Waals surface area contributed by atoms with Crippen molar-refractivity contribution in [2.24, 2.45) is 5.73 Å². The van der Waals surface area contributed by atoms with Crippen LogP contribution in [-0.2, 0) is 4.79 Å². The molecule has 0 aromatic carbocycles. The minimum atomic E-state index is -0.0754. The zero-order valence-electron chi connectivity index (χ0n) is 7.72. The van der Waals surface area contributed by atoms with Crippen LogP contribution in [0.25, 0.3) is 0 Å².